The Morgan fingerprint density at radius 1 is 1.00 bits per heavy atom. The van der Waals surface area contributed by atoms with E-state index in [4.69, 9.17) is 14.2 Å². The van der Waals surface area contributed by atoms with Crippen molar-refractivity contribution in [1.82, 2.24) is 9.80 Å². The van der Waals surface area contributed by atoms with Crippen LogP contribution in [0.25, 0.3) is 0 Å². The molecule has 2 aromatic carbocycles. The number of hydrogen-bond donors (Lipinski definition) is 0. The molecule has 0 aromatic heterocycles. The quantitative estimate of drug-likeness (QED) is 0.718. The summed E-state index contributed by atoms with van der Waals surface area (Å²) in [6.07, 6.45) is 0.306. The Balaban J connectivity index is 1.61. The smallest absolute Gasteiger partial charge is 0.227 e. The third kappa shape index (κ3) is 5.21. The summed E-state index contributed by atoms with van der Waals surface area (Å²) in [6.45, 7) is 5.38. The normalized spacial score (nSPS) is 17.1. The van der Waals surface area contributed by atoms with E-state index < -0.39 is 0 Å². The molecule has 1 atom stereocenters. The van der Waals surface area contributed by atoms with Gasteiger partial charge in [-0.25, -0.2) is 0 Å². The van der Waals surface area contributed by atoms with E-state index >= 15 is 0 Å². The predicted octanol–water partition coefficient (Wildman–Crippen LogP) is 2.99. The summed E-state index contributed by atoms with van der Waals surface area (Å²) in [6, 6.07) is 13.9. The van der Waals surface area contributed by atoms with Crippen molar-refractivity contribution < 1.29 is 19.0 Å². The van der Waals surface area contributed by atoms with E-state index in [2.05, 4.69) is 24.0 Å². The summed E-state index contributed by atoms with van der Waals surface area (Å²) in [7, 11) is 4.93. The lowest BCUT2D eigenvalue weighted by molar-refractivity contribution is -0.135. The van der Waals surface area contributed by atoms with Crippen molar-refractivity contribution in [3.63, 3.8) is 0 Å². The van der Waals surface area contributed by atoms with Gasteiger partial charge in [-0.2, -0.15) is 0 Å². The molecule has 0 radical (unpaired) electrons. The highest BCUT2D eigenvalue weighted by atomic mass is 16.5. The van der Waals surface area contributed by atoms with Crippen LogP contribution in [0.3, 0.4) is 0 Å². The van der Waals surface area contributed by atoms with Gasteiger partial charge in [0.15, 0.2) is 0 Å². The Labute approximate surface area is 173 Å². The van der Waals surface area contributed by atoms with Gasteiger partial charge in [0.2, 0.25) is 5.91 Å². The van der Waals surface area contributed by atoms with Gasteiger partial charge in [-0.3, -0.25) is 9.69 Å². The van der Waals surface area contributed by atoms with Gasteiger partial charge in [0.25, 0.3) is 0 Å². The SMILES string of the molecule is COc1cccc(CN2CCN(C(=O)Cc3cc(OC)ccc3OC)[C@@H](C)C2)c1. The van der Waals surface area contributed by atoms with E-state index in [9.17, 15) is 4.79 Å². The average molecular weight is 399 g/mol. The highest BCUT2D eigenvalue weighted by molar-refractivity contribution is 5.80. The molecule has 6 heteroatoms. The summed E-state index contributed by atoms with van der Waals surface area (Å²) < 4.78 is 16.0. The molecule has 1 fully saturated rings. The van der Waals surface area contributed by atoms with Crippen LogP contribution in [-0.4, -0.2) is 62.7 Å². The third-order valence-corrected chi connectivity index (χ3v) is 5.40. The van der Waals surface area contributed by atoms with Crippen molar-refractivity contribution in [1.29, 1.82) is 0 Å². The van der Waals surface area contributed by atoms with Crippen molar-refractivity contribution in [3.05, 3.63) is 53.6 Å². The number of rotatable bonds is 7. The topological polar surface area (TPSA) is 51.2 Å². The summed E-state index contributed by atoms with van der Waals surface area (Å²) in [5.74, 6) is 2.43. The van der Waals surface area contributed by atoms with E-state index in [-0.39, 0.29) is 11.9 Å². The highest BCUT2D eigenvalue weighted by Crippen LogP contribution is 2.25. The van der Waals surface area contributed by atoms with Gasteiger partial charge in [0.1, 0.15) is 17.2 Å². The molecule has 0 N–H and O–H groups in total. The van der Waals surface area contributed by atoms with Gasteiger partial charge in [0, 0.05) is 37.8 Å². The molecule has 0 unspecified atom stereocenters. The Morgan fingerprint density at radius 2 is 1.76 bits per heavy atom. The zero-order valence-corrected chi connectivity index (χ0v) is 17.7. The first kappa shape index (κ1) is 21.0. The van der Waals surface area contributed by atoms with Crippen molar-refractivity contribution in [2.24, 2.45) is 0 Å². The monoisotopic (exact) mass is 398 g/mol. The van der Waals surface area contributed by atoms with Gasteiger partial charge in [-0.1, -0.05) is 12.1 Å². The van der Waals surface area contributed by atoms with Gasteiger partial charge >= 0.3 is 0 Å². The molecule has 0 aliphatic carbocycles. The predicted molar refractivity (Wildman–Crippen MR) is 113 cm³/mol. The first-order valence-corrected chi connectivity index (χ1v) is 9.89. The van der Waals surface area contributed by atoms with Crippen LogP contribution in [0.1, 0.15) is 18.1 Å². The highest BCUT2D eigenvalue weighted by Gasteiger charge is 2.28. The number of carbonyl (C=O) groups is 1. The molecular weight excluding hydrogens is 368 g/mol. The molecule has 156 valence electrons. The van der Waals surface area contributed by atoms with Gasteiger partial charge < -0.3 is 19.1 Å². The van der Waals surface area contributed by atoms with Crippen molar-refractivity contribution in [2.45, 2.75) is 25.9 Å². The number of benzene rings is 2. The summed E-state index contributed by atoms with van der Waals surface area (Å²) in [4.78, 5) is 17.3. The van der Waals surface area contributed by atoms with Crippen LogP contribution in [0.4, 0.5) is 0 Å². The molecule has 0 bridgehead atoms. The number of ether oxygens (including phenoxy) is 3. The zero-order valence-electron chi connectivity index (χ0n) is 17.7. The first-order chi connectivity index (χ1) is 14.0. The van der Waals surface area contributed by atoms with Crippen LogP contribution in [0, 0.1) is 0 Å². The number of amides is 1. The van der Waals surface area contributed by atoms with Gasteiger partial charge in [-0.05, 0) is 42.8 Å². The van der Waals surface area contributed by atoms with Crippen LogP contribution in [0.5, 0.6) is 17.2 Å². The second-order valence-electron chi connectivity index (χ2n) is 7.38. The largest absolute Gasteiger partial charge is 0.497 e. The number of nitrogens with zero attached hydrogens (tertiary/aromatic N) is 2. The van der Waals surface area contributed by atoms with Crippen LogP contribution in [0.2, 0.25) is 0 Å². The summed E-state index contributed by atoms with van der Waals surface area (Å²) in [5.41, 5.74) is 2.07. The Hall–Kier alpha value is -2.73. The molecule has 1 aliphatic heterocycles. The molecule has 1 amide bonds. The minimum Gasteiger partial charge on any atom is -0.497 e. The van der Waals surface area contributed by atoms with E-state index in [0.29, 0.717) is 12.2 Å². The molecule has 2 aromatic rings. The Bertz CT molecular complexity index is 839. The average Bonchev–Trinajstić information content (AvgIpc) is 2.73. The minimum atomic E-state index is 0.116. The van der Waals surface area contributed by atoms with E-state index in [1.54, 1.807) is 21.3 Å². The van der Waals surface area contributed by atoms with Crippen LogP contribution < -0.4 is 14.2 Å². The van der Waals surface area contributed by atoms with E-state index in [1.165, 1.54) is 5.56 Å². The van der Waals surface area contributed by atoms with Crippen LogP contribution in [0.15, 0.2) is 42.5 Å². The van der Waals surface area contributed by atoms with Gasteiger partial charge in [-0.15, -0.1) is 0 Å². The molecule has 29 heavy (non-hydrogen) atoms. The molecule has 6 nitrogen and oxygen atoms in total. The molecule has 0 spiro atoms. The van der Waals surface area contributed by atoms with Crippen molar-refractivity contribution >= 4 is 5.91 Å². The molecule has 1 heterocycles. The Morgan fingerprint density at radius 3 is 2.45 bits per heavy atom. The Kier molecular flexibility index (Phi) is 6.99. The van der Waals surface area contributed by atoms with E-state index in [0.717, 1.165) is 43.2 Å². The van der Waals surface area contributed by atoms with Crippen LogP contribution in [-0.2, 0) is 17.8 Å². The maximum Gasteiger partial charge on any atom is 0.227 e. The minimum absolute atomic E-state index is 0.116. The van der Waals surface area contributed by atoms with Gasteiger partial charge in [0.05, 0.1) is 27.8 Å². The fourth-order valence-electron chi connectivity index (χ4n) is 3.86. The zero-order chi connectivity index (χ0) is 20.8. The molecule has 1 saturated heterocycles. The molecular formula is C23H30N2O4. The summed E-state index contributed by atoms with van der Waals surface area (Å²) >= 11 is 0. The second kappa shape index (κ2) is 9.65. The number of methoxy groups -OCH3 is 3. The first-order valence-electron chi connectivity index (χ1n) is 9.89. The second-order valence-corrected chi connectivity index (χ2v) is 7.38. The molecule has 3 rings (SSSR count). The van der Waals surface area contributed by atoms with Crippen molar-refractivity contribution in [3.8, 4) is 17.2 Å². The fourth-order valence-corrected chi connectivity index (χ4v) is 3.86. The van der Waals surface area contributed by atoms with Crippen molar-refractivity contribution in [2.75, 3.05) is 41.0 Å². The van der Waals surface area contributed by atoms with E-state index in [1.807, 2.05) is 35.2 Å². The fraction of sp³-hybridized carbons (Fsp3) is 0.435. The third-order valence-electron chi connectivity index (χ3n) is 5.40. The lowest BCUT2D eigenvalue weighted by Gasteiger charge is -2.40. The number of hydrogen-bond acceptors (Lipinski definition) is 5. The standard InChI is InChI=1S/C23H30N2O4/c1-17-15-24(16-18-6-5-7-20(12-18)27-2)10-11-25(17)23(26)14-19-13-21(28-3)8-9-22(19)29-4/h5-9,12-13,17H,10-11,14-16H2,1-4H3/t17-/m0/s1. The summed E-state index contributed by atoms with van der Waals surface area (Å²) in [5, 5.41) is 0. The number of piperazine rings is 1. The number of carbonyl (C=O) groups excluding carboxylic acids is 1. The maximum absolute atomic E-state index is 13.0. The molecule has 0 saturated carbocycles. The molecule has 1 aliphatic rings. The lowest BCUT2D eigenvalue weighted by atomic mass is 10.1. The van der Waals surface area contributed by atoms with Crippen LogP contribution >= 0.6 is 0 Å². The lowest BCUT2D eigenvalue weighted by Crippen LogP contribution is -2.54. The maximum atomic E-state index is 13.0.